The molecule has 0 aliphatic rings. The second-order valence-corrected chi connectivity index (χ2v) is 7.24. The maximum atomic E-state index is 12.2. The van der Waals surface area contributed by atoms with Gasteiger partial charge in [-0.2, -0.15) is 10.2 Å². The summed E-state index contributed by atoms with van der Waals surface area (Å²) in [5, 5.41) is 23.2. The monoisotopic (exact) mass is 436 g/mol. The van der Waals surface area contributed by atoms with Crippen LogP contribution < -0.4 is 5.32 Å². The summed E-state index contributed by atoms with van der Waals surface area (Å²) >= 11 is 12.3. The van der Waals surface area contributed by atoms with Crippen LogP contribution in [0.3, 0.4) is 0 Å². The van der Waals surface area contributed by atoms with Gasteiger partial charge in [0.05, 0.1) is 29.9 Å². The summed E-state index contributed by atoms with van der Waals surface area (Å²) in [6.45, 7) is 3.78. The van der Waals surface area contributed by atoms with Gasteiger partial charge in [-0.1, -0.05) is 29.3 Å². The van der Waals surface area contributed by atoms with Crippen LogP contribution in [0.5, 0.6) is 0 Å². The van der Waals surface area contributed by atoms with E-state index >= 15 is 0 Å². The van der Waals surface area contributed by atoms with Crippen molar-refractivity contribution in [1.29, 1.82) is 0 Å². The Kier molecular flexibility index (Phi) is 6.19. The molecule has 0 spiro atoms. The van der Waals surface area contributed by atoms with Gasteiger partial charge in [0.25, 0.3) is 0 Å². The summed E-state index contributed by atoms with van der Waals surface area (Å²) in [5.41, 5.74) is 1.99. The molecule has 0 unspecified atom stereocenters. The predicted octanol–water partition coefficient (Wildman–Crippen LogP) is 3.99. The molecule has 0 saturated carbocycles. The van der Waals surface area contributed by atoms with Crippen molar-refractivity contribution >= 4 is 40.5 Å². The maximum absolute atomic E-state index is 12.2. The molecule has 1 aromatic carbocycles. The molecule has 0 atom stereocenters. The zero-order valence-electron chi connectivity index (χ0n) is 15.7. The summed E-state index contributed by atoms with van der Waals surface area (Å²) < 4.78 is 3.09. The third-order valence-electron chi connectivity index (χ3n) is 4.38. The van der Waals surface area contributed by atoms with Crippen LogP contribution in [0.2, 0.25) is 10.0 Å². The quantitative estimate of drug-likeness (QED) is 0.444. The Morgan fingerprint density at radius 1 is 1.28 bits per heavy atom. The average molecular weight is 437 g/mol. The van der Waals surface area contributed by atoms with Gasteiger partial charge >= 0.3 is 5.69 Å². The Hall–Kier alpha value is -2.91. The van der Waals surface area contributed by atoms with E-state index in [1.54, 1.807) is 42.9 Å². The summed E-state index contributed by atoms with van der Waals surface area (Å²) in [6, 6.07) is 5.26. The number of nitrogens with zero attached hydrogens (tertiary/aromatic N) is 5. The zero-order valence-corrected chi connectivity index (χ0v) is 17.2. The highest BCUT2D eigenvalue weighted by Gasteiger charge is 2.21. The fourth-order valence-corrected chi connectivity index (χ4v) is 3.48. The number of hydrogen-bond donors (Lipinski definition) is 1. The molecule has 1 N–H and O–H groups in total. The van der Waals surface area contributed by atoms with Gasteiger partial charge in [0, 0.05) is 28.2 Å². The predicted molar refractivity (Wildman–Crippen MR) is 109 cm³/mol. The van der Waals surface area contributed by atoms with Gasteiger partial charge in [-0.05, 0) is 26.0 Å². The average Bonchev–Trinajstić information content (AvgIpc) is 3.20. The van der Waals surface area contributed by atoms with Crippen LogP contribution >= 0.6 is 23.2 Å². The summed E-state index contributed by atoms with van der Waals surface area (Å²) in [6.07, 6.45) is 3.31. The molecule has 152 valence electrons. The molecule has 0 saturated heterocycles. The number of benzene rings is 1. The molecular formula is C18H18Cl2N6O3. The summed E-state index contributed by atoms with van der Waals surface area (Å²) in [4.78, 5) is 22.8. The topological polar surface area (TPSA) is 108 Å². The lowest BCUT2D eigenvalue weighted by atomic mass is 10.2. The van der Waals surface area contributed by atoms with Crippen molar-refractivity contribution in [1.82, 2.24) is 19.6 Å². The number of nitro groups is 1. The van der Waals surface area contributed by atoms with E-state index in [1.165, 1.54) is 10.9 Å². The van der Waals surface area contributed by atoms with Crippen LogP contribution in [-0.2, 0) is 17.9 Å². The van der Waals surface area contributed by atoms with Crippen molar-refractivity contribution in [2.75, 3.05) is 5.32 Å². The maximum Gasteiger partial charge on any atom is 0.312 e. The van der Waals surface area contributed by atoms with Crippen LogP contribution in [0, 0.1) is 24.0 Å². The van der Waals surface area contributed by atoms with Crippen LogP contribution in [-0.4, -0.2) is 30.4 Å². The zero-order chi connectivity index (χ0) is 21.1. The lowest BCUT2D eigenvalue weighted by Crippen LogP contribution is -2.15. The Morgan fingerprint density at radius 2 is 1.97 bits per heavy atom. The van der Waals surface area contributed by atoms with Gasteiger partial charge in [0.15, 0.2) is 0 Å². The number of carbonyl (C=O) groups is 1. The third-order valence-corrected chi connectivity index (χ3v) is 5.08. The Morgan fingerprint density at radius 3 is 2.59 bits per heavy atom. The van der Waals surface area contributed by atoms with Crippen LogP contribution in [0.4, 0.5) is 11.4 Å². The lowest BCUT2D eigenvalue weighted by Gasteiger charge is -2.07. The van der Waals surface area contributed by atoms with Crippen LogP contribution in [0.25, 0.3) is 0 Å². The number of carbonyl (C=O) groups excluding carboxylic acids is 1. The first-order valence-electron chi connectivity index (χ1n) is 8.70. The van der Waals surface area contributed by atoms with E-state index in [1.807, 2.05) is 0 Å². The SMILES string of the molecule is Cc1nn(CCC(=O)Nc2cnn(Cc3c(Cl)cccc3Cl)c2)c(C)c1[N+](=O)[O-]. The fraction of sp³-hybridized carbons (Fsp3) is 0.278. The number of anilines is 1. The van der Waals surface area contributed by atoms with E-state index in [4.69, 9.17) is 23.2 Å². The molecule has 3 rings (SSSR count). The van der Waals surface area contributed by atoms with Crippen molar-refractivity contribution < 1.29 is 9.72 Å². The van der Waals surface area contributed by atoms with Gasteiger partial charge in [-0.15, -0.1) is 0 Å². The van der Waals surface area contributed by atoms with Crippen LogP contribution in [0.1, 0.15) is 23.4 Å². The Labute approximate surface area is 176 Å². The first-order valence-corrected chi connectivity index (χ1v) is 9.45. The minimum Gasteiger partial charge on any atom is -0.323 e. The number of amides is 1. The second kappa shape index (κ2) is 8.62. The van der Waals surface area contributed by atoms with E-state index in [0.29, 0.717) is 33.7 Å². The molecule has 0 radical (unpaired) electrons. The normalized spacial score (nSPS) is 10.9. The van der Waals surface area contributed by atoms with Gasteiger partial charge in [0.1, 0.15) is 11.4 Å². The molecule has 0 aliphatic heterocycles. The number of aryl methyl sites for hydroxylation is 2. The van der Waals surface area contributed by atoms with E-state index in [-0.39, 0.29) is 24.6 Å². The van der Waals surface area contributed by atoms with Crippen molar-refractivity contribution in [2.45, 2.75) is 33.4 Å². The Bertz CT molecular complexity index is 1060. The Balaban J connectivity index is 1.60. The number of aromatic nitrogens is 4. The van der Waals surface area contributed by atoms with E-state index < -0.39 is 4.92 Å². The van der Waals surface area contributed by atoms with Crippen molar-refractivity contribution in [2.24, 2.45) is 0 Å². The number of nitrogens with one attached hydrogen (secondary N) is 1. The van der Waals surface area contributed by atoms with E-state index in [9.17, 15) is 14.9 Å². The van der Waals surface area contributed by atoms with Gasteiger partial charge in [-0.25, -0.2) is 0 Å². The molecule has 29 heavy (non-hydrogen) atoms. The molecule has 2 heterocycles. The van der Waals surface area contributed by atoms with Gasteiger partial charge < -0.3 is 5.32 Å². The second-order valence-electron chi connectivity index (χ2n) is 6.42. The molecule has 0 fully saturated rings. The molecule has 11 heteroatoms. The summed E-state index contributed by atoms with van der Waals surface area (Å²) in [7, 11) is 0. The smallest absolute Gasteiger partial charge is 0.312 e. The van der Waals surface area contributed by atoms with Gasteiger partial charge in [-0.3, -0.25) is 24.3 Å². The number of halogens is 2. The highest BCUT2D eigenvalue weighted by molar-refractivity contribution is 6.35. The largest absolute Gasteiger partial charge is 0.323 e. The van der Waals surface area contributed by atoms with Crippen LogP contribution in [0.15, 0.2) is 30.6 Å². The van der Waals surface area contributed by atoms with E-state index in [2.05, 4.69) is 15.5 Å². The van der Waals surface area contributed by atoms with Crippen molar-refractivity contribution in [3.63, 3.8) is 0 Å². The molecule has 1 amide bonds. The van der Waals surface area contributed by atoms with Gasteiger partial charge in [0.2, 0.25) is 5.91 Å². The minimum absolute atomic E-state index is 0.0232. The van der Waals surface area contributed by atoms with E-state index in [0.717, 1.165) is 5.56 Å². The molecule has 3 aromatic rings. The molecule has 0 aliphatic carbocycles. The first kappa shape index (κ1) is 20.8. The standard InChI is InChI=1S/C18H18Cl2N6O3/c1-11-18(26(28)29)12(2)25(23-11)7-6-17(27)22-13-8-21-24(9-13)10-14-15(19)4-3-5-16(14)20/h3-5,8-9H,6-7,10H2,1-2H3,(H,22,27). The minimum atomic E-state index is -0.464. The molecule has 0 bridgehead atoms. The molecular weight excluding hydrogens is 419 g/mol. The highest BCUT2D eigenvalue weighted by Crippen LogP contribution is 2.25. The van der Waals surface area contributed by atoms with Crippen molar-refractivity contribution in [3.05, 3.63) is 67.7 Å². The summed E-state index contributed by atoms with van der Waals surface area (Å²) in [5.74, 6) is -0.254. The number of hydrogen-bond acceptors (Lipinski definition) is 5. The third kappa shape index (κ3) is 4.75. The lowest BCUT2D eigenvalue weighted by molar-refractivity contribution is -0.386. The first-order chi connectivity index (χ1) is 13.8. The molecule has 2 aromatic heterocycles. The van der Waals surface area contributed by atoms with Crippen molar-refractivity contribution in [3.8, 4) is 0 Å². The fourth-order valence-electron chi connectivity index (χ4n) is 2.96. The highest BCUT2D eigenvalue weighted by atomic mass is 35.5. The number of rotatable bonds is 7. The molecule has 9 nitrogen and oxygen atoms in total.